The first kappa shape index (κ1) is 27.4. The number of ether oxygens (including phenoxy) is 1. The van der Waals surface area contributed by atoms with E-state index in [9.17, 15) is 14.7 Å². The molecule has 1 aromatic heterocycles. The number of unbranched alkanes of at least 4 members (excludes halogenated alkanes) is 3. The van der Waals surface area contributed by atoms with Crippen LogP contribution >= 0.6 is 0 Å². The van der Waals surface area contributed by atoms with Gasteiger partial charge in [-0.3, -0.25) is 9.59 Å². The van der Waals surface area contributed by atoms with Gasteiger partial charge in [0.05, 0.1) is 24.0 Å². The zero-order chi connectivity index (χ0) is 26.6. The molecule has 0 spiro atoms. The molecule has 1 amide bonds. The Bertz CT molecular complexity index is 1070. The Hall–Kier alpha value is -2.67. The van der Waals surface area contributed by atoms with Gasteiger partial charge in [0.1, 0.15) is 6.26 Å². The van der Waals surface area contributed by atoms with Gasteiger partial charge in [-0.15, -0.1) is 0 Å². The summed E-state index contributed by atoms with van der Waals surface area (Å²) in [6, 6.07) is 7.75. The fourth-order valence-corrected chi connectivity index (χ4v) is 5.88. The maximum Gasteiger partial charge on any atom is 0.310 e. The quantitative estimate of drug-likeness (QED) is 0.335. The lowest BCUT2D eigenvalue weighted by molar-refractivity contribution is -0.138. The third-order valence-electron chi connectivity index (χ3n) is 7.95. The van der Waals surface area contributed by atoms with Crippen LogP contribution in [0.15, 0.2) is 34.9 Å². The first-order valence-electron chi connectivity index (χ1n) is 13.8. The average Bonchev–Trinajstić information content (AvgIpc) is 3.59. The molecule has 202 valence electrons. The summed E-state index contributed by atoms with van der Waals surface area (Å²) in [5.74, 6) is -0.981. The summed E-state index contributed by atoms with van der Waals surface area (Å²) in [4.78, 5) is 28.9. The first-order chi connectivity index (χ1) is 17.6. The van der Waals surface area contributed by atoms with Crippen LogP contribution in [0.2, 0.25) is 0 Å². The minimum Gasteiger partial charge on any atom is -0.481 e. The number of oxazole rings is 1. The maximum atomic E-state index is 12.7. The van der Waals surface area contributed by atoms with Crippen molar-refractivity contribution in [3.63, 3.8) is 0 Å². The van der Waals surface area contributed by atoms with Crippen molar-refractivity contribution in [3.05, 3.63) is 53.2 Å². The molecule has 7 heteroatoms. The fourth-order valence-electron chi connectivity index (χ4n) is 5.88. The minimum absolute atomic E-state index is 0.0155. The Kier molecular flexibility index (Phi) is 8.73. The van der Waals surface area contributed by atoms with Gasteiger partial charge in [0.2, 0.25) is 5.89 Å². The van der Waals surface area contributed by atoms with Gasteiger partial charge >= 0.3 is 5.97 Å². The molecule has 37 heavy (non-hydrogen) atoms. The van der Waals surface area contributed by atoms with Crippen LogP contribution in [0.4, 0.5) is 0 Å². The van der Waals surface area contributed by atoms with Crippen molar-refractivity contribution in [1.82, 2.24) is 10.3 Å². The normalized spacial score (nSPS) is 23.8. The Labute approximate surface area is 220 Å². The Morgan fingerprint density at radius 1 is 1.11 bits per heavy atom. The molecule has 1 aromatic carbocycles. The minimum atomic E-state index is -0.832. The van der Waals surface area contributed by atoms with E-state index in [2.05, 4.69) is 31.1 Å². The highest BCUT2D eigenvalue weighted by Gasteiger charge is 2.51. The van der Waals surface area contributed by atoms with Gasteiger partial charge in [0.25, 0.3) is 5.91 Å². The van der Waals surface area contributed by atoms with Crippen LogP contribution < -0.4 is 5.32 Å². The zero-order valence-electron chi connectivity index (χ0n) is 22.7. The topological polar surface area (TPSA) is 102 Å². The van der Waals surface area contributed by atoms with E-state index in [4.69, 9.17) is 9.15 Å². The van der Waals surface area contributed by atoms with Gasteiger partial charge in [-0.2, -0.15) is 0 Å². The third-order valence-corrected chi connectivity index (χ3v) is 7.95. The van der Waals surface area contributed by atoms with E-state index in [1.54, 1.807) is 6.92 Å². The van der Waals surface area contributed by atoms with Crippen LogP contribution in [0.5, 0.6) is 0 Å². The molecule has 2 fully saturated rings. The number of carbonyl (C=O) groups excluding carboxylic acids is 1. The van der Waals surface area contributed by atoms with Gasteiger partial charge < -0.3 is 19.6 Å². The van der Waals surface area contributed by atoms with Gasteiger partial charge in [0.15, 0.2) is 5.69 Å². The van der Waals surface area contributed by atoms with Gasteiger partial charge in [-0.1, -0.05) is 64.3 Å². The molecule has 5 unspecified atom stereocenters. The SMILES string of the molecule is CC(C(=O)O)c1ccccc1CC1C2CCC(O2)C1c1nc(C(=O)NCCCCCCC(C)(C)C)co1. The van der Waals surface area contributed by atoms with Gasteiger partial charge in [-0.25, -0.2) is 4.98 Å². The van der Waals surface area contributed by atoms with Crippen molar-refractivity contribution in [2.75, 3.05) is 6.54 Å². The molecule has 0 saturated carbocycles. The Balaban J connectivity index is 1.35. The zero-order valence-corrected chi connectivity index (χ0v) is 22.7. The van der Waals surface area contributed by atoms with Crippen LogP contribution in [0.1, 0.15) is 112 Å². The van der Waals surface area contributed by atoms with E-state index < -0.39 is 11.9 Å². The molecule has 2 N–H and O–H groups in total. The molecule has 2 aliphatic rings. The molecule has 5 atom stereocenters. The smallest absolute Gasteiger partial charge is 0.310 e. The highest BCUT2D eigenvalue weighted by molar-refractivity contribution is 5.91. The summed E-state index contributed by atoms with van der Waals surface area (Å²) < 4.78 is 12.1. The van der Waals surface area contributed by atoms with E-state index in [1.807, 2.05) is 24.3 Å². The van der Waals surface area contributed by atoms with Gasteiger partial charge in [-0.05, 0) is 55.6 Å². The lowest BCUT2D eigenvalue weighted by Gasteiger charge is -2.27. The summed E-state index contributed by atoms with van der Waals surface area (Å²) in [7, 11) is 0. The summed E-state index contributed by atoms with van der Waals surface area (Å²) >= 11 is 0. The second kappa shape index (κ2) is 11.8. The highest BCUT2D eigenvalue weighted by atomic mass is 16.5. The third kappa shape index (κ3) is 6.81. The van der Waals surface area contributed by atoms with Gasteiger partial charge in [0, 0.05) is 12.5 Å². The van der Waals surface area contributed by atoms with Crippen molar-refractivity contribution in [1.29, 1.82) is 0 Å². The van der Waals surface area contributed by atoms with E-state index in [0.717, 1.165) is 36.8 Å². The second-order valence-electron chi connectivity index (χ2n) is 12.0. The molecule has 0 aliphatic carbocycles. The van der Waals surface area contributed by atoms with E-state index >= 15 is 0 Å². The van der Waals surface area contributed by atoms with Crippen LogP contribution in [0.3, 0.4) is 0 Å². The van der Waals surface area contributed by atoms with Crippen molar-refractivity contribution in [3.8, 4) is 0 Å². The van der Waals surface area contributed by atoms with Crippen molar-refractivity contribution in [2.45, 2.75) is 103 Å². The predicted octanol–water partition coefficient (Wildman–Crippen LogP) is 6.09. The molecular formula is C30H42N2O5. The number of carboxylic acids is 1. The number of fused-ring (bicyclic) bond motifs is 2. The van der Waals surface area contributed by atoms with Crippen LogP contribution in [-0.4, -0.2) is 40.7 Å². The van der Waals surface area contributed by atoms with E-state index in [1.165, 1.54) is 25.5 Å². The number of carbonyl (C=O) groups is 2. The summed E-state index contributed by atoms with van der Waals surface area (Å²) in [5, 5.41) is 12.5. The van der Waals surface area contributed by atoms with Crippen molar-refractivity contribution < 1.29 is 23.8 Å². The summed E-state index contributed by atoms with van der Waals surface area (Å²) in [5.41, 5.74) is 2.55. The van der Waals surface area contributed by atoms with Crippen molar-refractivity contribution >= 4 is 11.9 Å². The number of aromatic nitrogens is 1. The van der Waals surface area contributed by atoms with Crippen LogP contribution in [0.25, 0.3) is 0 Å². The lowest BCUT2D eigenvalue weighted by atomic mass is 9.75. The summed E-state index contributed by atoms with van der Waals surface area (Å²) in [6.07, 6.45) is 9.86. The average molecular weight is 511 g/mol. The predicted molar refractivity (Wildman–Crippen MR) is 142 cm³/mol. The Morgan fingerprint density at radius 2 is 1.84 bits per heavy atom. The molecule has 7 nitrogen and oxygen atoms in total. The highest BCUT2D eigenvalue weighted by Crippen LogP contribution is 2.50. The van der Waals surface area contributed by atoms with Crippen molar-refractivity contribution in [2.24, 2.45) is 11.3 Å². The second-order valence-corrected chi connectivity index (χ2v) is 12.0. The number of aliphatic carboxylic acids is 1. The number of carboxylic acid groups (broad SMARTS) is 1. The number of amides is 1. The summed E-state index contributed by atoms with van der Waals surface area (Å²) in [6.45, 7) is 9.16. The van der Waals surface area contributed by atoms with Crippen LogP contribution in [-0.2, 0) is 16.0 Å². The van der Waals surface area contributed by atoms with E-state index in [-0.39, 0.29) is 30.0 Å². The molecule has 2 saturated heterocycles. The number of nitrogens with one attached hydrogen (secondary N) is 1. The molecule has 2 bridgehead atoms. The first-order valence-corrected chi connectivity index (χ1v) is 13.8. The monoisotopic (exact) mass is 510 g/mol. The number of hydrogen-bond acceptors (Lipinski definition) is 5. The maximum absolute atomic E-state index is 12.7. The van der Waals surface area contributed by atoms with E-state index in [0.29, 0.717) is 30.0 Å². The van der Waals surface area contributed by atoms with Crippen LogP contribution in [0, 0.1) is 11.3 Å². The Morgan fingerprint density at radius 3 is 2.59 bits per heavy atom. The lowest BCUT2D eigenvalue weighted by Crippen LogP contribution is -2.28. The molecule has 2 aromatic rings. The number of rotatable bonds is 12. The fraction of sp³-hybridized carbons (Fsp3) is 0.633. The molecule has 4 rings (SSSR count). The molecule has 2 aliphatic heterocycles. The largest absolute Gasteiger partial charge is 0.481 e. The number of benzene rings is 1. The number of hydrogen-bond donors (Lipinski definition) is 2. The molecule has 3 heterocycles. The molecule has 0 radical (unpaired) electrons. The number of nitrogens with zero attached hydrogens (tertiary/aromatic N) is 1. The standard InChI is InChI=1S/C30H42N2O5/c1-19(29(34)35)21-12-8-7-11-20(21)17-22-24-13-14-25(37-24)26(22)28-32-23(18-36-28)27(33)31-16-10-6-5-9-15-30(2,3)4/h7-8,11-12,18-19,22,24-26H,5-6,9-10,13-17H2,1-4H3,(H,31,33)(H,34,35). The molecular weight excluding hydrogens is 468 g/mol.